The molecule has 0 unspecified atom stereocenters. The summed E-state index contributed by atoms with van der Waals surface area (Å²) in [5.41, 5.74) is 6.62. The lowest BCUT2D eigenvalue weighted by Crippen LogP contribution is -2.32. The average Bonchev–Trinajstić information content (AvgIpc) is 2.27. The van der Waals surface area contributed by atoms with E-state index in [2.05, 4.69) is 5.32 Å². The Balaban J connectivity index is 1.96. The lowest BCUT2D eigenvalue weighted by atomic mass is 9.92. The van der Waals surface area contributed by atoms with E-state index in [1.807, 2.05) is 0 Å². The standard InChI is InChI=1S/C12H16ClFN2/c13-11-6-5-10(7-12(11)14)16-9-3-1-8(15)2-4-9/h5-9,16H,1-4,15H2. The van der Waals surface area contributed by atoms with Crippen LogP contribution in [-0.2, 0) is 0 Å². The molecule has 0 saturated heterocycles. The number of rotatable bonds is 2. The lowest BCUT2D eigenvalue weighted by Gasteiger charge is -2.27. The Labute approximate surface area is 100.0 Å². The lowest BCUT2D eigenvalue weighted by molar-refractivity contribution is 0.411. The molecule has 1 aromatic rings. The number of halogens is 2. The van der Waals surface area contributed by atoms with Gasteiger partial charge in [-0.2, -0.15) is 0 Å². The Kier molecular flexibility index (Phi) is 3.66. The summed E-state index contributed by atoms with van der Waals surface area (Å²) in [6, 6.07) is 5.56. The van der Waals surface area contributed by atoms with E-state index >= 15 is 0 Å². The van der Waals surface area contributed by atoms with Gasteiger partial charge in [0.2, 0.25) is 0 Å². The fourth-order valence-electron chi connectivity index (χ4n) is 2.09. The third-order valence-electron chi connectivity index (χ3n) is 3.06. The Morgan fingerprint density at radius 2 is 1.94 bits per heavy atom. The van der Waals surface area contributed by atoms with E-state index < -0.39 is 0 Å². The summed E-state index contributed by atoms with van der Waals surface area (Å²) in [6.45, 7) is 0. The molecule has 1 aliphatic carbocycles. The first kappa shape index (κ1) is 11.7. The molecule has 0 atom stereocenters. The number of hydrogen-bond donors (Lipinski definition) is 2. The Morgan fingerprint density at radius 1 is 1.25 bits per heavy atom. The van der Waals surface area contributed by atoms with Crippen molar-refractivity contribution >= 4 is 17.3 Å². The number of hydrogen-bond acceptors (Lipinski definition) is 2. The monoisotopic (exact) mass is 242 g/mol. The van der Waals surface area contributed by atoms with Gasteiger partial charge in [0, 0.05) is 17.8 Å². The minimum absolute atomic E-state index is 0.163. The smallest absolute Gasteiger partial charge is 0.143 e. The number of benzene rings is 1. The van der Waals surface area contributed by atoms with Crippen molar-refractivity contribution < 1.29 is 4.39 Å². The summed E-state index contributed by atoms with van der Waals surface area (Å²) in [4.78, 5) is 0. The summed E-state index contributed by atoms with van der Waals surface area (Å²) < 4.78 is 13.2. The van der Waals surface area contributed by atoms with Crippen LogP contribution in [0.25, 0.3) is 0 Å². The molecule has 0 spiro atoms. The van der Waals surface area contributed by atoms with Crippen molar-refractivity contribution in [2.24, 2.45) is 5.73 Å². The highest BCUT2D eigenvalue weighted by Crippen LogP contribution is 2.23. The maximum absolute atomic E-state index is 13.2. The molecule has 0 aromatic heterocycles. The van der Waals surface area contributed by atoms with Crippen LogP contribution in [0.4, 0.5) is 10.1 Å². The quantitative estimate of drug-likeness (QED) is 0.836. The molecule has 1 aliphatic rings. The molecule has 0 heterocycles. The normalized spacial score (nSPS) is 25.4. The summed E-state index contributed by atoms with van der Waals surface area (Å²) in [6.07, 6.45) is 4.16. The molecular weight excluding hydrogens is 227 g/mol. The first-order valence-electron chi connectivity index (χ1n) is 5.62. The van der Waals surface area contributed by atoms with Gasteiger partial charge in [0.25, 0.3) is 0 Å². The molecule has 3 N–H and O–H groups in total. The molecule has 1 aromatic carbocycles. The highest BCUT2D eigenvalue weighted by Gasteiger charge is 2.18. The van der Waals surface area contributed by atoms with Crippen LogP contribution in [0.5, 0.6) is 0 Å². The zero-order chi connectivity index (χ0) is 11.5. The summed E-state index contributed by atoms with van der Waals surface area (Å²) in [5, 5.41) is 3.48. The zero-order valence-electron chi connectivity index (χ0n) is 9.05. The topological polar surface area (TPSA) is 38.0 Å². The predicted octanol–water partition coefficient (Wildman–Crippen LogP) is 3.16. The van der Waals surface area contributed by atoms with Crippen LogP contribution in [0.2, 0.25) is 5.02 Å². The van der Waals surface area contributed by atoms with Gasteiger partial charge in [0.15, 0.2) is 0 Å². The van der Waals surface area contributed by atoms with Crippen LogP contribution in [0, 0.1) is 5.82 Å². The fraction of sp³-hybridized carbons (Fsp3) is 0.500. The second-order valence-corrected chi connectivity index (χ2v) is 4.79. The van der Waals surface area contributed by atoms with E-state index in [1.165, 1.54) is 6.07 Å². The Bertz CT molecular complexity index is 362. The van der Waals surface area contributed by atoms with Crippen molar-refractivity contribution in [1.82, 2.24) is 0 Å². The van der Waals surface area contributed by atoms with Gasteiger partial charge >= 0.3 is 0 Å². The fourth-order valence-corrected chi connectivity index (χ4v) is 2.20. The maximum Gasteiger partial charge on any atom is 0.143 e. The number of nitrogens with one attached hydrogen (secondary N) is 1. The third-order valence-corrected chi connectivity index (χ3v) is 3.37. The average molecular weight is 243 g/mol. The molecule has 88 valence electrons. The van der Waals surface area contributed by atoms with Crippen molar-refractivity contribution in [2.75, 3.05) is 5.32 Å². The molecule has 1 saturated carbocycles. The Morgan fingerprint density at radius 3 is 2.56 bits per heavy atom. The van der Waals surface area contributed by atoms with E-state index in [-0.39, 0.29) is 10.8 Å². The van der Waals surface area contributed by atoms with Crippen LogP contribution < -0.4 is 11.1 Å². The molecule has 4 heteroatoms. The second-order valence-electron chi connectivity index (χ2n) is 4.38. The predicted molar refractivity (Wildman–Crippen MR) is 65.3 cm³/mol. The van der Waals surface area contributed by atoms with E-state index in [0.717, 1.165) is 31.4 Å². The van der Waals surface area contributed by atoms with Gasteiger partial charge in [-0.05, 0) is 43.9 Å². The second kappa shape index (κ2) is 5.02. The molecule has 1 fully saturated rings. The first-order chi connectivity index (χ1) is 7.65. The van der Waals surface area contributed by atoms with Crippen LogP contribution in [0.15, 0.2) is 18.2 Å². The first-order valence-corrected chi connectivity index (χ1v) is 6.00. The van der Waals surface area contributed by atoms with Crippen molar-refractivity contribution in [3.63, 3.8) is 0 Å². The molecule has 0 radical (unpaired) electrons. The van der Waals surface area contributed by atoms with Crippen molar-refractivity contribution in [3.8, 4) is 0 Å². The zero-order valence-corrected chi connectivity index (χ0v) is 9.80. The SMILES string of the molecule is NC1CCC(Nc2ccc(Cl)c(F)c2)CC1. The molecule has 0 amide bonds. The van der Waals surface area contributed by atoms with Gasteiger partial charge in [-0.3, -0.25) is 0 Å². The van der Waals surface area contributed by atoms with Gasteiger partial charge in [0.1, 0.15) is 5.82 Å². The van der Waals surface area contributed by atoms with Gasteiger partial charge in [-0.15, -0.1) is 0 Å². The minimum atomic E-state index is -0.376. The highest BCUT2D eigenvalue weighted by molar-refractivity contribution is 6.30. The molecule has 16 heavy (non-hydrogen) atoms. The largest absolute Gasteiger partial charge is 0.382 e. The van der Waals surface area contributed by atoms with E-state index in [1.54, 1.807) is 12.1 Å². The van der Waals surface area contributed by atoms with Crippen LogP contribution >= 0.6 is 11.6 Å². The van der Waals surface area contributed by atoms with Gasteiger partial charge < -0.3 is 11.1 Å². The molecule has 2 nitrogen and oxygen atoms in total. The summed E-state index contributed by atoms with van der Waals surface area (Å²) in [7, 11) is 0. The van der Waals surface area contributed by atoms with E-state index in [4.69, 9.17) is 17.3 Å². The Hall–Kier alpha value is -0.800. The number of nitrogens with two attached hydrogens (primary N) is 1. The van der Waals surface area contributed by atoms with Crippen LogP contribution in [0.3, 0.4) is 0 Å². The highest BCUT2D eigenvalue weighted by atomic mass is 35.5. The molecule has 0 bridgehead atoms. The van der Waals surface area contributed by atoms with Gasteiger partial charge in [-0.1, -0.05) is 11.6 Å². The maximum atomic E-state index is 13.2. The summed E-state index contributed by atoms with van der Waals surface area (Å²) >= 11 is 5.62. The third kappa shape index (κ3) is 2.86. The summed E-state index contributed by atoms with van der Waals surface area (Å²) in [5.74, 6) is -0.376. The van der Waals surface area contributed by atoms with Crippen LogP contribution in [-0.4, -0.2) is 12.1 Å². The molecule has 2 rings (SSSR count). The molecule has 0 aliphatic heterocycles. The minimum Gasteiger partial charge on any atom is -0.382 e. The van der Waals surface area contributed by atoms with Crippen molar-refractivity contribution in [3.05, 3.63) is 29.0 Å². The van der Waals surface area contributed by atoms with Gasteiger partial charge in [0.05, 0.1) is 5.02 Å². The van der Waals surface area contributed by atoms with Crippen LogP contribution in [0.1, 0.15) is 25.7 Å². The van der Waals surface area contributed by atoms with Gasteiger partial charge in [-0.25, -0.2) is 4.39 Å². The molecular formula is C12H16ClFN2. The van der Waals surface area contributed by atoms with Crippen molar-refractivity contribution in [1.29, 1.82) is 0 Å². The van der Waals surface area contributed by atoms with E-state index in [9.17, 15) is 4.39 Å². The number of anilines is 1. The van der Waals surface area contributed by atoms with E-state index in [0.29, 0.717) is 12.1 Å². The van der Waals surface area contributed by atoms with Crippen molar-refractivity contribution in [2.45, 2.75) is 37.8 Å².